The first-order chi connectivity index (χ1) is 7.93. The quantitative estimate of drug-likeness (QED) is 0.498. The van der Waals surface area contributed by atoms with E-state index in [2.05, 4.69) is 16.6 Å². The number of hydrogen-bond donors (Lipinski definition) is 0. The fraction of sp³-hybridized carbons (Fsp3) is 0.929. The Kier molecular flexibility index (Phi) is 8.41. The summed E-state index contributed by atoms with van der Waals surface area (Å²) in [4.78, 5) is 6.57. The molecule has 0 atom stereocenters. The highest BCUT2D eigenvalue weighted by atomic mass is 15.1. The first kappa shape index (κ1) is 13.7. The van der Waals surface area contributed by atoms with Crippen LogP contribution in [0.4, 0.5) is 0 Å². The lowest BCUT2D eigenvalue weighted by Gasteiger charge is -2.21. The van der Waals surface area contributed by atoms with Gasteiger partial charge in [0.25, 0.3) is 0 Å². The molecule has 1 rings (SSSR count). The van der Waals surface area contributed by atoms with E-state index in [-0.39, 0.29) is 0 Å². The standard InChI is InChI=1S/C14H28N2/c1-15-11-7-6-10-14-16-12-8-4-2-3-5-9-13-16/h1-14H2. The van der Waals surface area contributed by atoms with Crippen LogP contribution >= 0.6 is 0 Å². The molecule has 0 N–H and O–H groups in total. The maximum absolute atomic E-state index is 3.90. The molecule has 0 aromatic heterocycles. The first-order valence-corrected chi connectivity index (χ1v) is 7.08. The summed E-state index contributed by atoms with van der Waals surface area (Å²) in [6, 6.07) is 0. The lowest BCUT2D eigenvalue weighted by atomic mass is 10.1. The Bertz CT molecular complexity index is 158. The molecule has 0 radical (unpaired) electrons. The number of unbranched alkanes of at least 4 members (excludes halogenated alkanes) is 2. The van der Waals surface area contributed by atoms with Crippen LogP contribution in [0.15, 0.2) is 4.99 Å². The van der Waals surface area contributed by atoms with Crippen molar-refractivity contribution in [3.05, 3.63) is 0 Å². The van der Waals surface area contributed by atoms with Crippen LogP contribution in [0, 0.1) is 0 Å². The third-order valence-electron chi connectivity index (χ3n) is 3.49. The van der Waals surface area contributed by atoms with Crippen molar-refractivity contribution in [2.45, 2.75) is 57.8 Å². The van der Waals surface area contributed by atoms with E-state index >= 15 is 0 Å². The Hall–Kier alpha value is -0.370. The molecule has 2 heteroatoms. The van der Waals surface area contributed by atoms with Gasteiger partial charge in [0, 0.05) is 6.54 Å². The fourth-order valence-electron chi connectivity index (χ4n) is 2.45. The molecule has 0 spiro atoms. The van der Waals surface area contributed by atoms with E-state index in [0.717, 1.165) is 6.54 Å². The maximum atomic E-state index is 3.90. The Balaban J connectivity index is 2.05. The van der Waals surface area contributed by atoms with E-state index in [9.17, 15) is 0 Å². The van der Waals surface area contributed by atoms with Gasteiger partial charge in [-0.2, -0.15) is 0 Å². The molecule has 0 unspecified atom stereocenters. The summed E-state index contributed by atoms with van der Waals surface area (Å²) >= 11 is 0. The third-order valence-corrected chi connectivity index (χ3v) is 3.49. The summed E-state index contributed by atoms with van der Waals surface area (Å²) in [7, 11) is 0. The third kappa shape index (κ3) is 7.00. The summed E-state index contributed by atoms with van der Waals surface area (Å²) in [5.74, 6) is 0. The highest BCUT2D eigenvalue weighted by Crippen LogP contribution is 2.11. The van der Waals surface area contributed by atoms with Crippen molar-refractivity contribution in [1.82, 2.24) is 4.90 Å². The Morgan fingerprint density at radius 3 is 2.06 bits per heavy atom. The second kappa shape index (κ2) is 9.83. The van der Waals surface area contributed by atoms with Gasteiger partial charge in [-0.3, -0.25) is 0 Å². The molecule has 1 saturated heterocycles. The monoisotopic (exact) mass is 224 g/mol. The van der Waals surface area contributed by atoms with Gasteiger partial charge in [0.1, 0.15) is 0 Å². The van der Waals surface area contributed by atoms with Gasteiger partial charge in [0.2, 0.25) is 0 Å². The zero-order valence-corrected chi connectivity index (χ0v) is 10.8. The van der Waals surface area contributed by atoms with Crippen LogP contribution < -0.4 is 0 Å². The molecule has 0 saturated carbocycles. The van der Waals surface area contributed by atoms with Crippen LogP contribution in [0.2, 0.25) is 0 Å². The summed E-state index contributed by atoms with van der Waals surface area (Å²) in [6.07, 6.45) is 12.5. The van der Waals surface area contributed by atoms with Crippen molar-refractivity contribution in [3.63, 3.8) is 0 Å². The van der Waals surface area contributed by atoms with Gasteiger partial charge in [-0.25, -0.2) is 0 Å². The van der Waals surface area contributed by atoms with Gasteiger partial charge in [-0.05, 0) is 52.0 Å². The van der Waals surface area contributed by atoms with Crippen LogP contribution in [-0.2, 0) is 0 Å². The topological polar surface area (TPSA) is 15.6 Å². The molecule has 2 nitrogen and oxygen atoms in total. The second-order valence-corrected chi connectivity index (χ2v) is 4.97. The highest BCUT2D eigenvalue weighted by Gasteiger charge is 2.06. The molecule has 16 heavy (non-hydrogen) atoms. The molecule has 1 aliphatic heterocycles. The summed E-state index contributed by atoms with van der Waals surface area (Å²) < 4.78 is 0. The molecular formula is C14H28N2. The summed E-state index contributed by atoms with van der Waals surface area (Å²) in [5, 5.41) is 0. The van der Waals surface area contributed by atoms with Gasteiger partial charge >= 0.3 is 0 Å². The number of hydrogen-bond acceptors (Lipinski definition) is 2. The van der Waals surface area contributed by atoms with E-state index in [1.807, 2.05) is 0 Å². The zero-order valence-electron chi connectivity index (χ0n) is 10.8. The average molecular weight is 224 g/mol. The van der Waals surface area contributed by atoms with Crippen molar-refractivity contribution >= 4 is 6.72 Å². The fourth-order valence-corrected chi connectivity index (χ4v) is 2.45. The van der Waals surface area contributed by atoms with Crippen molar-refractivity contribution in [2.24, 2.45) is 4.99 Å². The Morgan fingerprint density at radius 2 is 1.44 bits per heavy atom. The first-order valence-electron chi connectivity index (χ1n) is 7.08. The van der Waals surface area contributed by atoms with E-state index in [0.29, 0.717) is 0 Å². The molecule has 0 bridgehead atoms. The van der Waals surface area contributed by atoms with Gasteiger partial charge < -0.3 is 9.89 Å². The molecule has 94 valence electrons. The minimum atomic E-state index is 0.944. The SMILES string of the molecule is C=NCCCCCN1CCCCCCCC1. The maximum Gasteiger partial charge on any atom is 0.0382 e. The van der Waals surface area contributed by atoms with Crippen LogP contribution in [0.1, 0.15) is 57.8 Å². The predicted molar refractivity (Wildman–Crippen MR) is 72.4 cm³/mol. The molecule has 1 fully saturated rings. The molecule has 0 amide bonds. The largest absolute Gasteiger partial charge is 0.303 e. The van der Waals surface area contributed by atoms with Crippen molar-refractivity contribution in [1.29, 1.82) is 0 Å². The highest BCUT2D eigenvalue weighted by molar-refractivity contribution is 5.22. The zero-order chi connectivity index (χ0) is 11.5. The number of nitrogens with zero attached hydrogens (tertiary/aromatic N) is 2. The molecular weight excluding hydrogens is 196 g/mol. The van der Waals surface area contributed by atoms with Gasteiger partial charge in [-0.1, -0.05) is 32.1 Å². The lowest BCUT2D eigenvalue weighted by molar-refractivity contribution is 0.263. The molecule has 0 aromatic rings. The Morgan fingerprint density at radius 1 is 0.812 bits per heavy atom. The van der Waals surface area contributed by atoms with Gasteiger partial charge in [0.05, 0.1) is 0 Å². The summed E-state index contributed by atoms with van der Waals surface area (Å²) in [5.41, 5.74) is 0. The predicted octanol–water partition coefficient (Wildman–Crippen LogP) is 3.51. The molecule has 0 aromatic carbocycles. The van der Waals surface area contributed by atoms with Crippen LogP contribution in [0.3, 0.4) is 0 Å². The molecule has 1 heterocycles. The lowest BCUT2D eigenvalue weighted by Crippen LogP contribution is -2.27. The summed E-state index contributed by atoms with van der Waals surface area (Å²) in [6.45, 7) is 8.43. The smallest absolute Gasteiger partial charge is 0.0382 e. The minimum absolute atomic E-state index is 0.944. The second-order valence-electron chi connectivity index (χ2n) is 4.97. The van der Waals surface area contributed by atoms with Crippen LogP contribution in [0.5, 0.6) is 0 Å². The normalized spacial score (nSPS) is 19.8. The van der Waals surface area contributed by atoms with E-state index < -0.39 is 0 Å². The van der Waals surface area contributed by atoms with Crippen molar-refractivity contribution in [2.75, 3.05) is 26.2 Å². The number of rotatable bonds is 6. The number of aliphatic imine (C=N–C) groups is 1. The van der Waals surface area contributed by atoms with Gasteiger partial charge in [-0.15, -0.1) is 0 Å². The van der Waals surface area contributed by atoms with E-state index in [1.165, 1.54) is 77.4 Å². The van der Waals surface area contributed by atoms with Crippen molar-refractivity contribution < 1.29 is 0 Å². The van der Waals surface area contributed by atoms with Crippen LogP contribution in [-0.4, -0.2) is 37.8 Å². The minimum Gasteiger partial charge on any atom is -0.303 e. The molecule has 1 aliphatic rings. The van der Waals surface area contributed by atoms with E-state index in [4.69, 9.17) is 0 Å². The van der Waals surface area contributed by atoms with Gasteiger partial charge in [0.15, 0.2) is 0 Å². The molecule has 0 aliphatic carbocycles. The van der Waals surface area contributed by atoms with Crippen LogP contribution in [0.25, 0.3) is 0 Å². The average Bonchev–Trinajstić information content (AvgIpc) is 2.42. The van der Waals surface area contributed by atoms with Crippen molar-refractivity contribution in [3.8, 4) is 0 Å². The Labute approximate surface area is 101 Å². The van der Waals surface area contributed by atoms with E-state index in [1.54, 1.807) is 0 Å².